The lowest BCUT2D eigenvalue weighted by Crippen LogP contribution is -2.48. The van der Waals surface area contributed by atoms with E-state index in [4.69, 9.17) is 14.6 Å². The summed E-state index contributed by atoms with van der Waals surface area (Å²) in [7, 11) is 3.41. The Kier molecular flexibility index (Phi) is 7.75. The standard InChI is InChI=1S/C16H16FN3O2S.C7H8O/c1-20-13-7-10(17)5-6-15(13)22-9-14(20)16(21)19-11-3-2-4-12(8-11)23-18;1-8-7-5-3-2-4-6-7/h2-8,14H,9,18H2,1H3,(H,19,21);2-6H,1H3. The van der Waals surface area contributed by atoms with E-state index in [1.165, 1.54) is 12.1 Å². The molecule has 0 saturated carbocycles. The summed E-state index contributed by atoms with van der Waals surface area (Å²) in [5.41, 5.74) is 1.21. The van der Waals surface area contributed by atoms with Crippen molar-refractivity contribution in [3.63, 3.8) is 0 Å². The Labute approximate surface area is 185 Å². The third-order valence-corrected chi connectivity index (χ3v) is 5.21. The minimum atomic E-state index is -0.543. The van der Waals surface area contributed by atoms with Crippen LogP contribution in [0.4, 0.5) is 15.8 Å². The van der Waals surface area contributed by atoms with Gasteiger partial charge in [-0.1, -0.05) is 24.3 Å². The van der Waals surface area contributed by atoms with Crippen LogP contribution in [0.25, 0.3) is 0 Å². The van der Waals surface area contributed by atoms with Crippen LogP contribution in [0.3, 0.4) is 0 Å². The smallest absolute Gasteiger partial charge is 0.250 e. The summed E-state index contributed by atoms with van der Waals surface area (Å²) in [6.07, 6.45) is 0. The topological polar surface area (TPSA) is 76.8 Å². The van der Waals surface area contributed by atoms with Crippen molar-refractivity contribution in [2.45, 2.75) is 10.9 Å². The average Bonchev–Trinajstić information content (AvgIpc) is 2.80. The summed E-state index contributed by atoms with van der Waals surface area (Å²) in [4.78, 5) is 15.1. The lowest BCUT2D eigenvalue weighted by molar-refractivity contribution is -0.118. The third kappa shape index (κ3) is 5.90. The van der Waals surface area contributed by atoms with E-state index in [0.717, 1.165) is 22.6 Å². The van der Waals surface area contributed by atoms with E-state index in [1.807, 2.05) is 42.5 Å². The van der Waals surface area contributed by atoms with Crippen molar-refractivity contribution >= 4 is 29.2 Å². The van der Waals surface area contributed by atoms with Gasteiger partial charge >= 0.3 is 0 Å². The van der Waals surface area contributed by atoms with Crippen molar-refractivity contribution < 1.29 is 18.7 Å². The lowest BCUT2D eigenvalue weighted by atomic mass is 10.1. The van der Waals surface area contributed by atoms with Crippen LogP contribution in [0, 0.1) is 5.82 Å². The van der Waals surface area contributed by atoms with E-state index in [-0.39, 0.29) is 18.3 Å². The van der Waals surface area contributed by atoms with Crippen LogP contribution < -0.4 is 24.8 Å². The molecule has 31 heavy (non-hydrogen) atoms. The normalized spacial score (nSPS) is 14.5. The number of anilines is 2. The highest BCUT2D eigenvalue weighted by Gasteiger charge is 2.30. The molecule has 0 spiro atoms. The van der Waals surface area contributed by atoms with Crippen LogP contribution in [0.5, 0.6) is 11.5 Å². The van der Waals surface area contributed by atoms with Gasteiger partial charge in [0.25, 0.3) is 5.91 Å². The first-order chi connectivity index (χ1) is 15.0. The molecular weight excluding hydrogens is 417 g/mol. The number of fused-ring (bicyclic) bond motifs is 1. The number of hydrogen-bond acceptors (Lipinski definition) is 6. The molecule has 1 unspecified atom stereocenters. The molecule has 1 atom stereocenters. The van der Waals surface area contributed by atoms with Crippen LogP contribution in [0.1, 0.15) is 0 Å². The monoisotopic (exact) mass is 441 g/mol. The number of halogens is 1. The number of hydrogen-bond donors (Lipinski definition) is 2. The Morgan fingerprint density at radius 3 is 2.61 bits per heavy atom. The van der Waals surface area contributed by atoms with E-state index >= 15 is 0 Å². The maximum absolute atomic E-state index is 13.4. The number of ether oxygens (including phenoxy) is 2. The summed E-state index contributed by atoms with van der Waals surface area (Å²) in [5, 5.41) is 8.36. The molecule has 8 heteroatoms. The Bertz CT molecular complexity index is 1020. The first-order valence-corrected chi connectivity index (χ1v) is 10.4. The van der Waals surface area contributed by atoms with Crippen molar-refractivity contribution in [3.8, 4) is 11.5 Å². The van der Waals surface area contributed by atoms with Gasteiger partial charge in [-0.25, -0.2) is 4.39 Å². The van der Waals surface area contributed by atoms with Crippen molar-refractivity contribution in [1.82, 2.24) is 0 Å². The van der Waals surface area contributed by atoms with Crippen molar-refractivity contribution in [2.24, 2.45) is 5.14 Å². The van der Waals surface area contributed by atoms with Gasteiger partial charge in [0.2, 0.25) is 0 Å². The van der Waals surface area contributed by atoms with Gasteiger partial charge in [0.1, 0.15) is 30.0 Å². The van der Waals surface area contributed by atoms with Crippen molar-refractivity contribution in [2.75, 3.05) is 31.0 Å². The zero-order valence-electron chi connectivity index (χ0n) is 17.2. The highest BCUT2D eigenvalue weighted by molar-refractivity contribution is 7.97. The fourth-order valence-corrected chi connectivity index (χ4v) is 3.37. The number of carbonyl (C=O) groups is 1. The van der Waals surface area contributed by atoms with Gasteiger partial charge in [0, 0.05) is 23.7 Å². The number of carbonyl (C=O) groups excluding carboxylic acids is 1. The lowest BCUT2D eigenvalue weighted by Gasteiger charge is -2.34. The molecule has 0 saturated heterocycles. The minimum Gasteiger partial charge on any atom is -0.497 e. The largest absolute Gasteiger partial charge is 0.497 e. The molecule has 3 aromatic carbocycles. The number of rotatable bonds is 4. The second-order valence-electron chi connectivity index (χ2n) is 6.70. The number of nitrogens with zero attached hydrogens (tertiary/aromatic N) is 1. The molecule has 162 valence electrons. The molecule has 1 aliphatic rings. The van der Waals surface area contributed by atoms with Crippen LogP contribution in [0.15, 0.2) is 77.7 Å². The Balaban J connectivity index is 0.000000287. The number of nitrogens with two attached hydrogens (primary N) is 1. The van der Waals surface area contributed by atoms with E-state index < -0.39 is 6.04 Å². The molecule has 0 aliphatic carbocycles. The third-order valence-electron chi connectivity index (χ3n) is 4.68. The van der Waals surface area contributed by atoms with Gasteiger partial charge in [-0.15, -0.1) is 0 Å². The predicted molar refractivity (Wildman–Crippen MR) is 122 cm³/mol. The molecule has 3 aromatic rings. The highest BCUT2D eigenvalue weighted by atomic mass is 32.2. The number of methoxy groups -OCH3 is 1. The molecular formula is C23H24FN3O3S. The number of para-hydroxylation sites is 1. The summed E-state index contributed by atoms with van der Waals surface area (Å²) in [6, 6.07) is 20.7. The highest BCUT2D eigenvalue weighted by Crippen LogP contribution is 2.33. The first-order valence-electron chi connectivity index (χ1n) is 9.53. The van der Waals surface area contributed by atoms with Crippen LogP contribution in [0.2, 0.25) is 0 Å². The Morgan fingerprint density at radius 1 is 1.16 bits per heavy atom. The average molecular weight is 442 g/mol. The molecule has 0 fully saturated rings. The van der Waals surface area contributed by atoms with Gasteiger partial charge in [-0.3, -0.25) is 9.93 Å². The van der Waals surface area contributed by atoms with E-state index in [0.29, 0.717) is 17.1 Å². The maximum atomic E-state index is 13.4. The zero-order chi connectivity index (χ0) is 22.2. The number of nitrogens with one attached hydrogen (secondary N) is 1. The summed E-state index contributed by atoms with van der Waals surface area (Å²) in [5.74, 6) is 0.890. The van der Waals surface area contributed by atoms with Gasteiger partial charge in [-0.05, 0) is 54.4 Å². The molecule has 0 bridgehead atoms. The fraction of sp³-hybridized carbons (Fsp3) is 0.174. The molecule has 0 radical (unpaired) electrons. The fourth-order valence-electron chi connectivity index (χ4n) is 3.02. The Hall–Kier alpha value is -3.23. The second-order valence-corrected chi connectivity index (χ2v) is 7.41. The van der Waals surface area contributed by atoms with E-state index in [9.17, 15) is 9.18 Å². The Morgan fingerprint density at radius 2 is 1.94 bits per heavy atom. The molecule has 3 N–H and O–H groups in total. The minimum absolute atomic E-state index is 0.201. The quantitative estimate of drug-likeness (QED) is 0.587. The molecule has 1 amide bonds. The summed E-state index contributed by atoms with van der Waals surface area (Å²) < 4.78 is 23.9. The van der Waals surface area contributed by atoms with Gasteiger partial charge in [0.05, 0.1) is 12.8 Å². The molecule has 0 aromatic heterocycles. The van der Waals surface area contributed by atoms with Crippen LogP contribution >= 0.6 is 11.9 Å². The SMILES string of the molecule is CN1c2cc(F)ccc2OCC1C(=O)Nc1cccc(SN)c1.COc1ccccc1. The molecule has 1 aliphatic heterocycles. The van der Waals surface area contributed by atoms with Crippen LogP contribution in [-0.2, 0) is 4.79 Å². The molecule has 4 rings (SSSR count). The van der Waals surface area contributed by atoms with Crippen molar-refractivity contribution in [3.05, 3.63) is 78.6 Å². The summed E-state index contributed by atoms with van der Waals surface area (Å²) >= 11 is 1.11. The van der Waals surface area contributed by atoms with Crippen molar-refractivity contribution in [1.29, 1.82) is 0 Å². The van der Waals surface area contributed by atoms with Gasteiger partial charge in [-0.2, -0.15) is 0 Å². The number of likely N-dealkylation sites (N-methyl/N-ethyl adjacent to an activating group) is 1. The zero-order valence-corrected chi connectivity index (χ0v) is 18.1. The second kappa shape index (κ2) is 10.7. The summed E-state index contributed by atoms with van der Waals surface area (Å²) in [6.45, 7) is 0.201. The molecule has 1 heterocycles. The number of amides is 1. The number of benzene rings is 3. The first kappa shape index (κ1) is 22.5. The maximum Gasteiger partial charge on any atom is 0.250 e. The van der Waals surface area contributed by atoms with E-state index in [1.54, 1.807) is 37.3 Å². The van der Waals surface area contributed by atoms with Gasteiger partial charge < -0.3 is 19.7 Å². The van der Waals surface area contributed by atoms with E-state index in [2.05, 4.69) is 5.32 Å². The molecule has 6 nitrogen and oxygen atoms in total. The predicted octanol–water partition coefficient (Wildman–Crippen LogP) is 4.32. The van der Waals surface area contributed by atoms with Gasteiger partial charge in [0.15, 0.2) is 0 Å². The van der Waals surface area contributed by atoms with Crippen LogP contribution in [-0.4, -0.2) is 32.7 Å².